The fourth-order valence-electron chi connectivity index (χ4n) is 2.22. The fourth-order valence-corrected chi connectivity index (χ4v) is 3.67. The second-order valence-corrected chi connectivity index (χ2v) is 7.15. The lowest BCUT2D eigenvalue weighted by Gasteiger charge is -2.12. The number of carboxylic acids is 1. The normalized spacial score (nSPS) is 11.1. The minimum Gasteiger partial charge on any atom is -0.491 e. The van der Waals surface area contributed by atoms with Crippen LogP contribution in [0.2, 0.25) is 0 Å². The molecular weight excluding hydrogens is 466 g/mol. The van der Waals surface area contributed by atoms with Crippen molar-refractivity contribution in [2.24, 2.45) is 0 Å². The molecule has 2 N–H and O–H groups in total. The molecule has 1 amide bonds. The molecule has 0 aliphatic rings. The van der Waals surface area contributed by atoms with Gasteiger partial charge in [0.15, 0.2) is 0 Å². The van der Waals surface area contributed by atoms with Gasteiger partial charge in [0, 0.05) is 13.3 Å². The minimum atomic E-state index is -1.21. The average Bonchev–Trinajstić information content (AvgIpc) is 2.57. The summed E-state index contributed by atoms with van der Waals surface area (Å²) < 4.78 is 7.20. The first-order valence-electron chi connectivity index (χ1n) is 7.75. The predicted molar refractivity (Wildman–Crippen MR) is 107 cm³/mol. The summed E-state index contributed by atoms with van der Waals surface area (Å²) in [5.41, 5.74) is 1.58. The van der Waals surface area contributed by atoms with Crippen molar-refractivity contribution in [1.29, 1.82) is 0 Å². The highest BCUT2D eigenvalue weighted by Gasteiger charge is 2.12. The molecule has 0 spiro atoms. The largest absolute Gasteiger partial charge is 0.491 e. The fraction of sp³-hybridized carbons (Fsp3) is 0.158. The standard InChI is InChI=1S/C19H17Br2NO4/c1-12(23)22-17(19(24)25)11-14-9-15(20)18(16(21)10-14)26-8-7-13-5-3-2-4-6-13/h2-6,9-11H,7-8H2,1H3,(H,22,23)(H,24,25). The number of hydrogen-bond acceptors (Lipinski definition) is 3. The first-order chi connectivity index (χ1) is 12.4. The molecule has 136 valence electrons. The van der Waals surface area contributed by atoms with Crippen molar-refractivity contribution < 1.29 is 19.4 Å². The molecule has 7 heteroatoms. The minimum absolute atomic E-state index is 0.200. The van der Waals surface area contributed by atoms with E-state index in [0.29, 0.717) is 26.9 Å². The van der Waals surface area contributed by atoms with E-state index in [9.17, 15) is 9.59 Å². The van der Waals surface area contributed by atoms with E-state index in [1.54, 1.807) is 12.1 Å². The van der Waals surface area contributed by atoms with Crippen molar-refractivity contribution in [1.82, 2.24) is 5.32 Å². The van der Waals surface area contributed by atoms with Crippen LogP contribution in [-0.2, 0) is 16.0 Å². The molecule has 0 heterocycles. The first kappa shape index (κ1) is 20.2. The molecule has 0 aliphatic carbocycles. The molecule has 0 saturated carbocycles. The molecule has 5 nitrogen and oxygen atoms in total. The Bertz CT molecular complexity index is 812. The number of carboxylic acid groups (broad SMARTS) is 1. The van der Waals surface area contributed by atoms with Crippen LogP contribution in [0.25, 0.3) is 6.08 Å². The Kier molecular flexibility index (Phi) is 7.41. The Balaban J connectivity index is 2.14. The first-order valence-corrected chi connectivity index (χ1v) is 9.33. The Morgan fingerprint density at radius 1 is 1.15 bits per heavy atom. The highest BCUT2D eigenvalue weighted by Crippen LogP contribution is 2.35. The number of amides is 1. The van der Waals surface area contributed by atoms with Crippen LogP contribution in [0.5, 0.6) is 5.75 Å². The number of hydrogen-bond donors (Lipinski definition) is 2. The van der Waals surface area contributed by atoms with Crippen LogP contribution >= 0.6 is 31.9 Å². The van der Waals surface area contributed by atoms with Gasteiger partial charge in [-0.25, -0.2) is 4.79 Å². The zero-order valence-electron chi connectivity index (χ0n) is 14.0. The number of halogens is 2. The maximum absolute atomic E-state index is 11.2. The predicted octanol–water partition coefficient (Wildman–Crippen LogP) is 4.39. The molecule has 2 aromatic carbocycles. The highest BCUT2D eigenvalue weighted by atomic mass is 79.9. The quantitative estimate of drug-likeness (QED) is 0.573. The van der Waals surface area contributed by atoms with Crippen molar-refractivity contribution in [3.05, 3.63) is 68.2 Å². The molecule has 0 aromatic heterocycles. The van der Waals surface area contributed by atoms with Gasteiger partial charge in [0.05, 0.1) is 15.6 Å². The van der Waals surface area contributed by atoms with Gasteiger partial charge in [-0.2, -0.15) is 0 Å². The lowest BCUT2D eigenvalue weighted by molar-refractivity contribution is -0.134. The molecule has 0 saturated heterocycles. The van der Waals surface area contributed by atoms with Crippen molar-refractivity contribution in [3.8, 4) is 5.75 Å². The molecule has 0 unspecified atom stereocenters. The summed E-state index contributed by atoms with van der Waals surface area (Å²) in [6.45, 7) is 1.76. The summed E-state index contributed by atoms with van der Waals surface area (Å²) in [5, 5.41) is 11.5. The van der Waals surface area contributed by atoms with Crippen LogP contribution in [0.4, 0.5) is 0 Å². The maximum Gasteiger partial charge on any atom is 0.352 e. The monoisotopic (exact) mass is 481 g/mol. The van der Waals surface area contributed by atoms with Gasteiger partial charge in [-0.3, -0.25) is 4.79 Å². The molecule has 0 atom stereocenters. The number of carbonyl (C=O) groups is 2. The third-order valence-electron chi connectivity index (χ3n) is 3.35. The number of carbonyl (C=O) groups excluding carboxylic acids is 1. The number of ether oxygens (including phenoxy) is 1. The summed E-state index contributed by atoms with van der Waals surface area (Å²) in [7, 11) is 0. The zero-order valence-corrected chi connectivity index (χ0v) is 17.1. The number of aliphatic carboxylic acids is 1. The van der Waals surface area contributed by atoms with Crippen LogP contribution in [0.1, 0.15) is 18.1 Å². The van der Waals surface area contributed by atoms with Crippen molar-refractivity contribution in [3.63, 3.8) is 0 Å². The molecule has 26 heavy (non-hydrogen) atoms. The van der Waals surface area contributed by atoms with Crippen LogP contribution < -0.4 is 10.1 Å². The Hall–Kier alpha value is -2.12. The van der Waals surface area contributed by atoms with Crippen molar-refractivity contribution in [2.45, 2.75) is 13.3 Å². The van der Waals surface area contributed by atoms with E-state index < -0.39 is 11.9 Å². The van der Waals surface area contributed by atoms with E-state index in [4.69, 9.17) is 9.84 Å². The summed E-state index contributed by atoms with van der Waals surface area (Å²) in [6, 6.07) is 13.5. The van der Waals surface area contributed by atoms with Gasteiger partial charge >= 0.3 is 5.97 Å². The Morgan fingerprint density at radius 3 is 2.31 bits per heavy atom. The molecule has 2 aromatic rings. The van der Waals surface area contributed by atoms with Crippen molar-refractivity contribution >= 4 is 49.8 Å². The molecule has 0 radical (unpaired) electrons. The molecule has 2 rings (SSSR count). The van der Waals surface area contributed by atoms with E-state index in [1.807, 2.05) is 30.3 Å². The number of rotatable bonds is 7. The van der Waals surface area contributed by atoms with Crippen LogP contribution in [0.15, 0.2) is 57.1 Å². The summed E-state index contributed by atoms with van der Waals surface area (Å²) >= 11 is 6.89. The van der Waals surface area contributed by atoms with Gasteiger partial charge < -0.3 is 15.2 Å². The van der Waals surface area contributed by atoms with Gasteiger partial charge in [-0.15, -0.1) is 0 Å². The summed E-state index contributed by atoms with van der Waals surface area (Å²) in [6.07, 6.45) is 2.15. The van der Waals surface area contributed by atoms with Gasteiger partial charge in [0.1, 0.15) is 11.4 Å². The molecule has 0 aliphatic heterocycles. The van der Waals surface area contributed by atoms with E-state index in [0.717, 1.165) is 6.42 Å². The van der Waals surface area contributed by atoms with Crippen LogP contribution in [0, 0.1) is 0 Å². The number of benzene rings is 2. The number of nitrogens with one attached hydrogen (secondary N) is 1. The third-order valence-corrected chi connectivity index (χ3v) is 4.53. The van der Waals surface area contributed by atoms with Gasteiger partial charge in [-0.1, -0.05) is 30.3 Å². The van der Waals surface area contributed by atoms with E-state index in [2.05, 4.69) is 37.2 Å². The zero-order chi connectivity index (χ0) is 19.1. The Labute approximate surface area is 168 Å². The molecule has 0 bridgehead atoms. The van der Waals surface area contributed by atoms with Crippen LogP contribution in [-0.4, -0.2) is 23.6 Å². The lowest BCUT2D eigenvalue weighted by Crippen LogP contribution is -2.24. The van der Waals surface area contributed by atoms with E-state index in [1.165, 1.54) is 18.6 Å². The van der Waals surface area contributed by atoms with E-state index >= 15 is 0 Å². The second-order valence-electron chi connectivity index (χ2n) is 5.44. The lowest BCUT2D eigenvalue weighted by atomic mass is 10.1. The Morgan fingerprint density at radius 2 is 1.77 bits per heavy atom. The van der Waals surface area contributed by atoms with Gasteiger partial charge in [-0.05, 0) is 61.2 Å². The SMILES string of the molecule is CC(=O)NC(=Cc1cc(Br)c(OCCc2ccccc2)c(Br)c1)C(=O)O. The summed E-state index contributed by atoms with van der Waals surface area (Å²) in [4.78, 5) is 22.3. The van der Waals surface area contributed by atoms with Crippen molar-refractivity contribution in [2.75, 3.05) is 6.61 Å². The topological polar surface area (TPSA) is 75.6 Å². The second kappa shape index (κ2) is 9.54. The molecular formula is C19H17Br2NO4. The highest BCUT2D eigenvalue weighted by molar-refractivity contribution is 9.11. The third kappa shape index (κ3) is 6.00. The molecule has 0 fully saturated rings. The smallest absolute Gasteiger partial charge is 0.352 e. The van der Waals surface area contributed by atoms with E-state index in [-0.39, 0.29) is 5.70 Å². The maximum atomic E-state index is 11.2. The van der Waals surface area contributed by atoms with Gasteiger partial charge in [0.25, 0.3) is 0 Å². The van der Waals surface area contributed by atoms with Gasteiger partial charge in [0.2, 0.25) is 5.91 Å². The van der Waals surface area contributed by atoms with Crippen LogP contribution in [0.3, 0.4) is 0 Å². The summed E-state index contributed by atoms with van der Waals surface area (Å²) in [5.74, 6) is -1.03. The average molecular weight is 483 g/mol.